The van der Waals surface area contributed by atoms with E-state index >= 15 is 0 Å². The molecule has 1 amide bonds. The zero-order chi connectivity index (χ0) is 22.4. The first-order chi connectivity index (χ1) is 14.7. The Morgan fingerprint density at radius 3 is 2.61 bits per heavy atom. The molecular weight excluding hydrogens is 418 g/mol. The first-order valence-electron chi connectivity index (χ1n) is 10.4. The standard InChI is InChI=1S/C22H30ClN5O3/c1-22(2,3)31-21(29)26-16-7-9-28(10-8-16)19-6-5-17(14-25-19)30-20-12-15(13-24-4)11-18(23)27-20/h5-6,11-12,14,16,24H,7-10,13H2,1-4H3,(H,26,29). The topological polar surface area (TPSA) is 88.6 Å². The summed E-state index contributed by atoms with van der Waals surface area (Å²) in [5.41, 5.74) is 0.498. The van der Waals surface area contributed by atoms with E-state index in [-0.39, 0.29) is 12.1 Å². The fourth-order valence-electron chi connectivity index (χ4n) is 3.35. The molecule has 0 aliphatic carbocycles. The summed E-state index contributed by atoms with van der Waals surface area (Å²) in [5, 5.41) is 6.42. The monoisotopic (exact) mass is 447 g/mol. The van der Waals surface area contributed by atoms with Gasteiger partial charge in [-0.2, -0.15) is 0 Å². The van der Waals surface area contributed by atoms with Crippen LogP contribution in [0.1, 0.15) is 39.2 Å². The largest absolute Gasteiger partial charge is 0.444 e. The van der Waals surface area contributed by atoms with E-state index in [9.17, 15) is 4.79 Å². The van der Waals surface area contributed by atoms with Crippen LogP contribution in [-0.4, -0.2) is 47.8 Å². The van der Waals surface area contributed by atoms with Gasteiger partial charge in [0.2, 0.25) is 5.88 Å². The number of nitrogens with one attached hydrogen (secondary N) is 2. The maximum atomic E-state index is 12.0. The molecule has 1 aliphatic heterocycles. The Morgan fingerprint density at radius 2 is 2.00 bits per heavy atom. The van der Waals surface area contributed by atoms with Gasteiger partial charge in [-0.15, -0.1) is 0 Å². The Hall–Kier alpha value is -2.58. The highest BCUT2D eigenvalue weighted by Crippen LogP contribution is 2.25. The SMILES string of the molecule is CNCc1cc(Cl)nc(Oc2ccc(N3CCC(NC(=O)OC(C)(C)C)CC3)nc2)c1. The Morgan fingerprint density at radius 1 is 1.26 bits per heavy atom. The van der Waals surface area contributed by atoms with Crippen LogP contribution in [0.4, 0.5) is 10.6 Å². The number of hydrogen-bond acceptors (Lipinski definition) is 7. The van der Waals surface area contributed by atoms with Crippen LogP contribution < -0.4 is 20.3 Å². The van der Waals surface area contributed by atoms with Crippen molar-refractivity contribution in [1.29, 1.82) is 0 Å². The molecule has 0 saturated carbocycles. The van der Waals surface area contributed by atoms with Crippen molar-refractivity contribution in [2.24, 2.45) is 0 Å². The Bertz CT molecular complexity index is 878. The van der Waals surface area contributed by atoms with Crippen LogP contribution in [0, 0.1) is 0 Å². The molecule has 0 spiro atoms. The van der Waals surface area contributed by atoms with E-state index in [2.05, 4.69) is 25.5 Å². The predicted molar refractivity (Wildman–Crippen MR) is 121 cm³/mol. The summed E-state index contributed by atoms with van der Waals surface area (Å²) in [5.74, 6) is 1.90. The molecule has 2 N–H and O–H groups in total. The van der Waals surface area contributed by atoms with Gasteiger partial charge < -0.3 is 25.0 Å². The molecule has 8 nitrogen and oxygen atoms in total. The average Bonchev–Trinajstić information content (AvgIpc) is 2.67. The number of amides is 1. The van der Waals surface area contributed by atoms with Crippen LogP contribution in [0.3, 0.4) is 0 Å². The van der Waals surface area contributed by atoms with Crippen LogP contribution in [0.25, 0.3) is 0 Å². The maximum Gasteiger partial charge on any atom is 0.407 e. The quantitative estimate of drug-likeness (QED) is 0.643. The van der Waals surface area contributed by atoms with Crippen molar-refractivity contribution in [3.05, 3.63) is 41.2 Å². The van der Waals surface area contributed by atoms with Gasteiger partial charge in [-0.1, -0.05) is 11.6 Å². The van der Waals surface area contributed by atoms with Gasteiger partial charge in [0.05, 0.1) is 6.20 Å². The van der Waals surface area contributed by atoms with E-state index in [4.69, 9.17) is 21.1 Å². The molecule has 0 radical (unpaired) electrons. The molecule has 3 rings (SSSR count). The first-order valence-corrected chi connectivity index (χ1v) is 10.8. The van der Waals surface area contributed by atoms with Crippen molar-refractivity contribution in [3.8, 4) is 11.6 Å². The third-order valence-corrected chi connectivity index (χ3v) is 4.89. The maximum absolute atomic E-state index is 12.0. The summed E-state index contributed by atoms with van der Waals surface area (Å²) < 4.78 is 11.2. The van der Waals surface area contributed by atoms with E-state index in [0.717, 1.165) is 37.3 Å². The molecule has 9 heteroatoms. The number of anilines is 1. The van der Waals surface area contributed by atoms with Gasteiger partial charge in [0, 0.05) is 31.7 Å². The van der Waals surface area contributed by atoms with Crippen molar-refractivity contribution in [2.45, 2.75) is 51.8 Å². The number of carbonyl (C=O) groups excluding carboxylic acids is 1. The predicted octanol–water partition coefficient (Wildman–Crippen LogP) is 4.14. The second-order valence-electron chi connectivity index (χ2n) is 8.53. The highest BCUT2D eigenvalue weighted by Gasteiger charge is 2.24. The average molecular weight is 448 g/mol. The molecule has 31 heavy (non-hydrogen) atoms. The second-order valence-corrected chi connectivity index (χ2v) is 8.92. The summed E-state index contributed by atoms with van der Waals surface area (Å²) in [7, 11) is 1.87. The van der Waals surface area contributed by atoms with Crippen molar-refractivity contribution >= 4 is 23.5 Å². The van der Waals surface area contributed by atoms with E-state index in [1.54, 1.807) is 12.3 Å². The highest BCUT2D eigenvalue weighted by atomic mass is 35.5. The number of ether oxygens (including phenoxy) is 2. The zero-order valence-electron chi connectivity index (χ0n) is 18.4. The lowest BCUT2D eigenvalue weighted by Crippen LogP contribution is -2.46. The summed E-state index contributed by atoms with van der Waals surface area (Å²) in [6, 6.07) is 7.55. The number of pyridine rings is 2. The molecule has 3 heterocycles. The second kappa shape index (κ2) is 10.2. The molecule has 0 bridgehead atoms. The molecule has 0 unspecified atom stereocenters. The highest BCUT2D eigenvalue weighted by molar-refractivity contribution is 6.29. The van der Waals surface area contributed by atoms with E-state index in [0.29, 0.717) is 23.3 Å². The minimum absolute atomic E-state index is 0.106. The molecule has 0 aromatic carbocycles. The lowest BCUT2D eigenvalue weighted by molar-refractivity contribution is 0.0497. The third kappa shape index (κ3) is 7.25. The van der Waals surface area contributed by atoms with Crippen LogP contribution in [-0.2, 0) is 11.3 Å². The van der Waals surface area contributed by atoms with Crippen molar-refractivity contribution < 1.29 is 14.3 Å². The van der Waals surface area contributed by atoms with Crippen LogP contribution in [0.5, 0.6) is 11.6 Å². The number of rotatable bonds is 6. The molecule has 2 aromatic heterocycles. The third-order valence-electron chi connectivity index (χ3n) is 4.69. The molecule has 1 aliphatic rings. The minimum atomic E-state index is -0.492. The summed E-state index contributed by atoms with van der Waals surface area (Å²) in [4.78, 5) is 22.9. The Labute approximate surface area is 188 Å². The number of carbonyl (C=O) groups is 1. The van der Waals surface area contributed by atoms with Crippen LogP contribution in [0.2, 0.25) is 5.15 Å². The molecule has 2 aromatic rings. The number of aromatic nitrogens is 2. The molecular formula is C22H30ClN5O3. The number of piperidine rings is 1. The van der Waals surface area contributed by atoms with E-state index in [1.807, 2.05) is 46.0 Å². The van der Waals surface area contributed by atoms with Crippen LogP contribution in [0.15, 0.2) is 30.5 Å². The van der Waals surface area contributed by atoms with Crippen LogP contribution >= 0.6 is 11.6 Å². The number of halogens is 1. The van der Waals surface area contributed by atoms with Gasteiger partial charge in [-0.3, -0.25) is 0 Å². The minimum Gasteiger partial charge on any atom is -0.444 e. The molecule has 1 saturated heterocycles. The lowest BCUT2D eigenvalue weighted by Gasteiger charge is -2.33. The Balaban J connectivity index is 1.53. The smallest absolute Gasteiger partial charge is 0.407 e. The Kier molecular flexibility index (Phi) is 7.56. The van der Waals surface area contributed by atoms with E-state index in [1.165, 1.54) is 0 Å². The molecule has 168 valence electrons. The molecule has 0 atom stereocenters. The van der Waals surface area contributed by atoms with Gasteiger partial charge >= 0.3 is 6.09 Å². The first kappa shape index (κ1) is 23.1. The summed E-state index contributed by atoms with van der Waals surface area (Å²) in [6.07, 6.45) is 2.98. The normalized spacial score (nSPS) is 14.9. The van der Waals surface area contributed by atoms with Gasteiger partial charge in [-0.25, -0.2) is 14.8 Å². The van der Waals surface area contributed by atoms with Gasteiger partial charge in [0.1, 0.15) is 22.3 Å². The number of hydrogen-bond donors (Lipinski definition) is 2. The lowest BCUT2D eigenvalue weighted by atomic mass is 10.1. The van der Waals surface area contributed by atoms with Crippen molar-refractivity contribution in [1.82, 2.24) is 20.6 Å². The van der Waals surface area contributed by atoms with E-state index < -0.39 is 5.60 Å². The zero-order valence-corrected chi connectivity index (χ0v) is 19.2. The fraction of sp³-hybridized carbons (Fsp3) is 0.500. The van der Waals surface area contributed by atoms with Gasteiger partial charge in [0.15, 0.2) is 0 Å². The van der Waals surface area contributed by atoms with Crippen molar-refractivity contribution in [3.63, 3.8) is 0 Å². The summed E-state index contributed by atoms with van der Waals surface area (Å²) in [6.45, 7) is 7.86. The molecule has 1 fully saturated rings. The van der Waals surface area contributed by atoms with Crippen molar-refractivity contribution in [2.75, 3.05) is 25.0 Å². The fourth-order valence-corrected chi connectivity index (χ4v) is 3.57. The summed E-state index contributed by atoms with van der Waals surface area (Å²) >= 11 is 6.08. The van der Waals surface area contributed by atoms with Gasteiger partial charge in [0.25, 0.3) is 0 Å². The number of nitrogens with zero attached hydrogens (tertiary/aromatic N) is 3. The van der Waals surface area contributed by atoms with Gasteiger partial charge in [-0.05, 0) is 64.4 Å². The number of alkyl carbamates (subject to hydrolysis) is 1.